The average molecular weight is 325 g/mol. The van der Waals surface area contributed by atoms with Gasteiger partial charge in [0, 0.05) is 12.5 Å². The Morgan fingerprint density at radius 3 is 2.71 bits per heavy atom. The van der Waals surface area contributed by atoms with E-state index in [0.29, 0.717) is 10.3 Å². The zero-order valence-electron chi connectivity index (χ0n) is 11.4. The lowest BCUT2D eigenvalue weighted by atomic mass is 10.4. The van der Waals surface area contributed by atoms with E-state index in [1.165, 1.54) is 17.4 Å². The van der Waals surface area contributed by atoms with Crippen molar-refractivity contribution in [1.82, 2.24) is 20.2 Å². The van der Waals surface area contributed by atoms with E-state index in [9.17, 15) is 4.79 Å². The van der Waals surface area contributed by atoms with Crippen molar-refractivity contribution < 1.29 is 4.79 Å². The predicted octanol–water partition coefficient (Wildman–Crippen LogP) is 1.18. The molecule has 2 heterocycles. The molecule has 2 rings (SSSR count). The highest BCUT2D eigenvalue weighted by atomic mass is 32.2. The van der Waals surface area contributed by atoms with Crippen molar-refractivity contribution in [2.45, 2.75) is 24.9 Å². The SMILES string of the molecule is CCCc1nnc(NC(=O)CSc2nc(N)cc(N)n2)s1. The molecular weight excluding hydrogens is 310 g/mol. The summed E-state index contributed by atoms with van der Waals surface area (Å²) in [6.07, 6.45) is 1.85. The average Bonchev–Trinajstić information content (AvgIpc) is 2.83. The molecule has 0 aliphatic rings. The minimum Gasteiger partial charge on any atom is -0.383 e. The number of anilines is 3. The van der Waals surface area contributed by atoms with Crippen molar-refractivity contribution in [2.75, 3.05) is 22.5 Å². The van der Waals surface area contributed by atoms with E-state index in [0.717, 1.165) is 29.6 Å². The Morgan fingerprint density at radius 2 is 2.05 bits per heavy atom. The van der Waals surface area contributed by atoms with Gasteiger partial charge in [-0.2, -0.15) is 0 Å². The van der Waals surface area contributed by atoms with Gasteiger partial charge in [0.1, 0.15) is 16.6 Å². The van der Waals surface area contributed by atoms with Crippen molar-refractivity contribution in [3.8, 4) is 0 Å². The fraction of sp³-hybridized carbons (Fsp3) is 0.364. The molecule has 0 fully saturated rings. The number of hydrogen-bond donors (Lipinski definition) is 3. The number of carbonyl (C=O) groups is 1. The van der Waals surface area contributed by atoms with Crippen LogP contribution in [0.1, 0.15) is 18.4 Å². The molecule has 0 aliphatic heterocycles. The molecule has 10 heteroatoms. The maximum atomic E-state index is 11.8. The Morgan fingerprint density at radius 1 is 1.33 bits per heavy atom. The summed E-state index contributed by atoms with van der Waals surface area (Å²) in [6, 6.07) is 1.46. The number of rotatable bonds is 6. The molecule has 0 saturated carbocycles. The molecule has 2 aromatic rings. The van der Waals surface area contributed by atoms with Crippen molar-refractivity contribution in [2.24, 2.45) is 0 Å². The molecule has 0 radical (unpaired) electrons. The Hall–Kier alpha value is -1.94. The second-order valence-electron chi connectivity index (χ2n) is 4.09. The summed E-state index contributed by atoms with van der Waals surface area (Å²) in [5.41, 5.74) is 11.1. The Labute approximate surface area is 129 Å². The first kappa shape index (κ1) is 15.4. The van der Waals surface area contributed by atoms with Crippen LogP contribution in [0.3, 0.4) is 0 Å². The lowest BCUT2D eigenvalue weighted by molar-refractivity contribution is -0.113. The van der Waals surface area contributed by atoms with Gasteiger partial charge in [-0.15, -0.1) is 10.2 Å². The molecule has 0 saturated heterocycles. The summed E-state index contributed by atoms with van der Waals surface area (Å²) in [5.74, 6) is 0.493. The summed E-state index contributed by atoms with van der Waals surface area (Å²) < 4.78 is 0. The third-order valence-corrected chi connectivity index (χ3v) is 4.00. The maximum absolute atomic E-state index is 11.8. The van der Waals surface area contributed by atoms with Crippen LogP contribution in [0.2, 0.25) is 0 Å². The molecule has 2 aromatic heterocycles. The third kappa shape index (κ3) is 4.83. The van der Waals surface area contributed by atoms with Crippen molar-refractivity contribution >= 4 is 45.8 Å². The molecule has 0 spiro atoms. The van der Waals surface area contributed by atoms with Crippen LogP contribution in [0, 0.1) is 0 Å². The highest BCUT2D eigenvalue weighted by Gasteiger charge is 2.10. The van der Waals surface area contributed by atoms with Crippen LogP contribution in [0.4, 0.5) is 16.8 Å². The van der Waals surface area contributed by atoms with E-state index in [1.54, 1.807) is 0 Å². The van der Waals surface area contributed by atoms with Crippen LogP contribution in [-0.4, -0.2) is 31.8 Å². The highest BCUT2D eigenvalue weighted by molar-refractivity contribution is 7.99. The summed E-state index contributed by atoms with van der Waals surface area (Å²) in [6.45, 7) is 2.06. The summed E-state index contributed by atoms with van der Waals surface area (Å²) in [7, 11) is 0. The Kier molecular flexibility index (Phi) is 5.28. The predicted molar refractivity (Wildman–Crippen MR) is 84.1 cm³/mol. The van der Waals surface area contributed by atoms with E-state index in [2.05, 4.69) is 32.4 Å². The molecule has 1 amide bonds. The molecule has 112 valence electrons. The van der Waals surface area contributed by atoms with Gasteiger partial charge in [-0.1, -0.05) is 30.0 Å². The topological polar surface area (TPSA) is 133 Å². The van der Waals surface area contributed by atoms with Gasteiger partial charge in [-0.05, 0) is 6.42 Å². The Bertz CT molecular complexity index is 611. The van der Waals surface area contributed by atoms with Gasteiger partial charge in [-0.25, -0.2) is 9.97 Å². The molecule has 0 aliphatic carbocycles. The smallest absolute Gasteiger partial charge is 0.236 e. The largest absolute Gasteiger partial charge is 0.383 e. The van der Waals surface area contributed by atoms with Crippen molar-refractivity contribution in [3.63, 3.8) is 0 Å². The van der Waals surface area contributed by atoms with Gasteiger partial charge in [0.2, 0.25) is 11.0 Å². The molecule has 0 aromatic carbocycles. The molecule has 21 heavy (non-hydrogen) atoms. The van der Waals surface area contributed by atoms with Crippen LogP contribution in [0.5, 0.6) is 0 Å². The first-order valence-electron chi connectivity index (χ1n) is 6.22. The molecule has 0 unspecified atom stereocenters. The quantitative estimate of drug-likeness (QED) is 0.532. The van der Waals surface area contributed by atoms with Crippen molar-refractivity contribution in [3.05, 3.63) is 11.1 Å². The zero-order valence-corrected chi connectivity index (χ0v) is 13.0. The van der Waals surface area contributed by atoms with Gasteiger partial charge in [0.05, 0.1) is 5.75 Å². The molecule has 8 nitrogen and oxygen atoms in total. The number of thioether (sulfide) groups is 1. The van der Waals surface area contributed by atoms with E-state index in [1.807, 2.05) is 0 Å². The van der Waals surface area contributed by atoms with Crippen LogP contribution in [-0.2, 0) is 11.2 Å². The second-order valence-corrected chi connectivity index (χ2v) is 6.09. The van der Waals surface area contributed by atoms with Crippen molar-refractivity contribution in [1.29, 1.82) is 0 Å². The monoisotopic (exact) mass is 325 g/mol. The number of aryl methyl sites for hydroxylation is 1. The summed E-state index contributed by atoms with van der Waals surface area (Å²) in [5, 5.41) is 12.4. The minimum atomic E-state index is -0.205. The minimum absolute atomic E-state index is 0.144. The number of nitrogens with two attached hydrogens (primary N) is 2. The zero-order chi connectivity index (χ0) is 15.2. The summed E-state index contributed by atoms with van der Waals surface area (Å²) >= 11 is 2.53. The molecule has 0 atom stereocenters. The molecule has 0 bridgehead atoms. The normalized spacial score (nSPS) is 10.5. The van der Waals surface area contributed by atoms with Gasteiger partial charge in [-0.3, -0.25) is 10.1 Å². The number of aromatic nitrogens is 4. The maximum Gasteiger partial charge on any atom is 0.236 e. The third-order valence-electron chi connectivity index (χ3n) is 2.25. The van der Waals surface area contributed by atoms with E-state index < -0.39 is 0 Å². The highest BCUT2D eigenvalue weighted by Crippen LogP contribution is 2.19. The van der Waals surface area contributed by atoms with Gasteiger partial charge < -0.3 is 11.5 Å². The van der Waals surface area contributed by atoms with Gasteiger partial charge in [0.15, 0.2) is 5.16 Å². The van der Waals surface area contributed by atoms with Crippen LogP contribution < -0.4 is 16.8 Å². The number of nitrogens with one attached hydrogen (secondary N) is 1. The standard InChI is InChI=1S/C11H15N7OS2/c1-2-3-9-17-18-11(21-9)16-8(19)5-20-10-14-6(12)4-7(13)15-10/h4H,2-3,5H2,1H3,(H,16,18,19)(H4,12,13,14,15). The molecule has 5 N–H and O–H groups in total. The first-order valence-corrected chi connectivity index (χ1v) is 8.02. The summed E-state index contributed by atoms with van der Waals surface area (Å²) in [4.78, 5) is 19.8. The van der Waals surface area contributed by atoms with Crippen LogP contribution in [0.15, 0.2) is 11.2 Å². The molecular formula is C11H15N7OS2. The van der Waals surface area contributed by atoms with Gasteiger partial charge >= 0.3 is 0 Å². The Balaban J connectivity index is 1.86. The lowest BCUT2D eigenvalue weighted by Crippen LogP contribution is -2.14. The van der Waals surface area contributed by atoms with E-state index >= 15 is 0 Å². The first-order chi connectivity index (χ1) is 10.1. The fourth-order valence-corrected chi connectivity index (χ4v) is 2.96. The number of carbonyl (C=O) groups excluding carboxylic acids is 1. The van der Waals surface area contributed by atoms with E-state index in [4.69, 9.17) is 11.5 Å². The van der Waals surface area contributed by atoms with Crippen LogP contribution >= 0.6 is 23.1 Å². The second kappa shape index (κ2) is 7.18. The van der Waals surface area contributed by atoms with E-state index in [-0.39, 0.29) is 23.3 Å². The van der Waals surface area contributed by atoms with Crippen LogP contribution in [0.25, 0.3) is 0 Å². The van der Waals surface area contributed by atoms with Gasteiger partial charge in [0.25, 0.3) is 0 Å². The number of amides is 1. The number of nitrogen functional groups attached to an aromatic ring is 2. The lowest BCUT2D eigenvalue weighted by Gasteiger charge is -2.02. The fourth-order valence-electron chi connectivity index (χ4n) is 1.43. The number of nitrogens with zero attached hydrogens (tertiary/aromatic N) is 4. The number of hydrogen-bond acceptors (Lipinski definition) is 9.